The lowest BCUT2D eigenvalue weighted by Gasteiger charge is -2.09. The Morgan fingerprint density at radius 2 is 1.83 bits per heavy atom. The number of allylic oxidation sites excluding steroid dienone is 1. The van der Waals surface area contributed by atoms with Crippen LogP contribution >= 0.6 is 11.8 Å². The first-order valence-electron chi connectivity index (χ1n) is 5.69. The fourth-order valence-electron chi connectivity index (χ4n) is 1.52. The molecule has 0 aliphatic rings. The zero-order valence-electron chi connectivity index (χ0n) is 10.5. The van der Waals surface area contributed by atoms with Gasteiger partial charge < -0.3 is 5.32 Å². The summed E-state index contributed by atoms with van der Waals surface area (Å²) in [7, 11) is 0. The van der Waals surface area contributed by atoms with Gasteiger partial charge in [-0.3, -0.25) is 0 Å². The molecule has 0 aliphatic heterocycles. The Bertz CT molecular complexity index is 487. The number of rotatable bonds is 5. The number of nitriles is 2. The van der Waals surface area contributed by atoms with Crippen LogP contribution in [0.15, 0.2) is 34.9 Å². The molecule has 0 saturated carbocycles. The van der Waals surface area contributed by atoms with Crippen LogP contribution in [0.1, 0.15) is 18.9 Å². The molecule has 0 aliphatic carbocycles. The number of anilines is 1. The highest BCUT2D eigenvalue weighted by molar-refractivity contribution is 8.02. The van der Waals surface area contributed by atoms with E-state index in [1.807, 2.05) is 30.5 Å². The third kappa shape index (κ3) is 3.84. The van der Waals surface area contributed by atoms with E-state index < -0.39 is 0 Å². The van der Waals surface area contributed by atoms with Crippen LogP contribution in [0, 0.1) is 22.7 Å². The van der Waals surface area contributed by atoms with Gasteiger partial charge in [0.1, 0.15) is 17.2 Å². The van der Waals surface area contributed by atoms with Crippen molar-refractivity contribution in [3.63, 3.8) is 0 Å². The molecule has 1 aromatic carbocycles. The van der Waals surface area contributed by atoms with Gasteiger partial charge in [0.05, 0.1) is 0 Å². The van der Waals surface area contributed by atoms with Crippen LogP contribution in [0.25, 0.3) is 0 Å². The van der Waals surface area contributed by atoms with Crippen molar-refractivity contribution in [1.29, 1.82) is 10.5 Å². The van der Waals surface area contributed by atoms with Gasteiger partial charge in [-0.2, -0.15) is 10.5 Å². The monoisotopic (exact) mass is 257 g/mol. The number of hydrogen-bond acceptors (Lipinski definition) is 4. The molecule has 0 fully saturated rings. The summed E-state index contributed by atoms with van der Waals surface area (Å²) >= 11 is 1.36. The lowest BCUT2D eigenvalue weighted by molar-refractivity contribution is 0.922. The number of nitrogens with zero attached hydrogens (tertiary/aromatic N) is 2. The molecule has 4 heteroatoms. The van der Waals surface area contributed by atoms with Crippen molar-refractivity contribution in [3.8, 4) is 12.1 Å². The van der Waals surface area contributed by atoms with Gasteiger partial charge in [0.25, 0.3) is 0 Å². The fourth-order valence-corrected chi connectivity index (χ4v) is 2.03. The largest absolute Gasteiger partial charge is 0.349 e. The van der Waals surface area contributed by atoms with Crippen LogP contribution in [-0.2, 0) is 6.42 Å². The van der Waals surface area contributed by atoms with Crippen molar-refractivity contribution in [2.45, 2.75) is 19.8 Å². The maximum Gasteiger partial charge on any atom is 0.159 e. The van der Waals surface area contributed by atoms with Gasteiger partial charge >= 0.3 is 0 Å². The van der Waals surface area contributed by atoms with Crippen LogP contribution in [0.3, 0.4) is 0 Å². The number of hydrogen-bond donors (Lipinski definition) is 1. The van der Waals surface area contributed by atoms with Crippen LogP contribution in [0.4, 0.5) is 5.69 Å². The Morgan fingerprint density at radius 3 is 2.28 bits per heavy atom. The van der Waals surface area contributed by atoms with Crippen LogP contribution in [-0.4, -0.2) is 6.26 Å². The Hall–Kier alpha value is -1.91. The molecule has 0 radical (unpaired) electrons. The first kappa shape index (κ1) is 14.2. The molecule has 0 amide bonds. The summed E-state index contributed by atoms with van der Waals surface area (Å²) in [5.41, 5.74) is 2.29. The minimum atomic E-state index is 0.111. The molecule has 0 spiro atoms. The molecule has 3 nitrogen and oxygen atoms in total. The summed E-state index contributed by atoms with van der Waals surface area (Å²) in [4.78, 5) is 0. The topological polar surface area (TPSA) is 59.6 Å². The molecule has 0 atom stereocenters. The van der Waals surface area contributed by atoms with Gasteiger partial charge in [-0.15, -0.1) is 11.8 Å². The van der Waals surface area contributed by atoms with Crippen molar-refractivity contribution >= 4 is 17.4 Å². The van der Waals surface area contributed by atoms with E-state index in [0.717, 1.165) is 18.5 Å². The van der Waals surface area contributed by atoms with E-state index in [9.17, 15) is 0 Å². The summed E-state index contributed by atoms with van der Waals surface area (Å²) in [5.74, 6) is 0. The number of benzene rings is 1. The Balaban J connectivity index is 2.87. The minimum Gasteiger partial charge on any atom is -0.349 e. The number of thioether (sulfide) groups is 1. The summed E-state index contributed by atoms with van der Waals surface area (Å²) in [6.45, 7) is 2.15. The lowest BCUT2D eigenvalue weighted by atomic mass is 10.1. The van der Waals surface area contributed by atoms with E-state index in [-0.39, 0.29) is 5.57 Å². The molecule has 1 N–H and O–H groups in total. The fraction of sp³-hybridized carbons (Fsp3) is 0.286. The number of aryl methyl sites for hydroxylation is 1. The van der Waals surface area contributed by atoms with Crippen molar-refractivity contribution in [1.82, 2.24) is 0 Å². The van der Waals surface area contributed by atoms with Gasteiger partial charge in [-0.1, -0.05) is 25.5 Å². The number of nitrogens with one attached hydrogen (secondary N) is 1. The third-order valence-corrected chi connectivity index (χ3v) is 3.12. The molecule has 0 bridgehead atoms. The van der Waals surface area contributed by atoms with Gasteiger partial charge in [0, 0.05) is 5.69 Å². The molecule has 0 saturated heterocycles. The summed E-state index contributed by atoms with van der Waals surface area (Å²) in [6.07, 6.45) is 4.02. The van der Waals surface area contributed by atoms with Crippen molar-refractivity contribution in [2.24, 2.45) is 0 Å². The van der Waals surface area contributed by atoms with Crippen molar-refractivity contribution in [3.05, 3.63) is 40.4 Å². The average molecular weight is 257 g/mol. The summed E-state index contributed by atoms with van der Waals surface area (Å²) in [6, 6.07) is 11.8. The lowest BCUT2D eigenvalue weighted by Crippen LogP contribution is -1.99. The van der Waals surface area contributed by atoms with Crippen LogP contribution in [0.2, 0.25) is 0 Å². The second kappa shape index (κ2) is 7.42. The first-order chi connectivity index (χ1) is 8.74. The second-order valence-corrected chi connectivity index (χ2v) is 4.52. The highest BCUT2D eigenvalue weighted by Crippen LogP contribution is 2.20. The molecule has 0 unspecified atom stereocenters. The quantitative estimate of drug-likeness (QED) is 0.817. The van der Waals surface area contributed by atoms with E-state index in [0.29, 0.717) is 5.03 Å². The van der Waals surface area contributed by atoms with Crippen LogP contribution < -0.4 is 5.32 Å². The Labute approximate surface area is 112 Å². The summed E-state index contributed by atoms with van der Waals surface area (Å²) < 4.78 is 0. The molecule has 1 rings (SSSR count). The standard InChI is InChI=1S/C14H15N3S/c1-3-4-11-5-7-13(8-6-11)17-14(18-2)12(9-15)10-16/h5-8,17H,3-4H2,1-2H3. The maximum absolute atomic E-state index is 8.84. The maximum atomic E-state index is 8.84. The van der Waals surface area contributed by atoms with Crippen molar-refractivity contribution in [2.75, 3.05) is 11.6 Å². The van der Waals surface area contributed by atoms with E-state index in [1.54, 1.807) is 0 Å². The normalized spacial score (nSPS) is 9.11. The molecule has 18 heavy (non-hydrogen) atoms. The van der Waals surface area contributed by atoms with Crippen molar-refractivity contribution < 1.29 is 0 Å². The highest BCUT2D eigenvalue weighted by atomic mass is 32.2. The molecule has 0 aromatic heterocycles. The summed E-state index contributed by atoms with van der Waals surface area (Å²) in [5, 5.41) is 21.4. The van der Waals surface area contributed by atoms with E-state index in [4.69, 9.17) is 10.5 Å². The van der Waals surface area contributed by atoms with Gasteiger partial charge in [-0.05, 0) is 30.4 Å². The average Bonchev–Trinajstić information content (AvgIpc) is 2.41. The van der Waals surface area contributed by atoms with Gasteiger partial charge in [0.15, 0.2) is 5.57 Å². The zero-order valence-corrected chi connectivity index (χ0v) is 11.3. The van der Waals surface area contributed by atoms with E-state index in [1.165, 1.54) is 17.3 Å². The van der Waals surface area contributed by atoms with Gasteiger partial charge in [0.2, 0.25) is 0 Å². The molecule has 92 valence electrons. The predicted octanol–water partition coefficient (Wildman–Crippen LogP) is 3.67. The van der Waals surface area contributed by atoms with E-state index in [2.05, 4.69) is 24.4 Å². The SMILES string of the molecule is CCCc1ccc(NC(SC)=C(C#N)C#N)cc1. The van der Waals surface area contributed by atoms with Crippen LogP contribution in [0.5, 0.6) is 0 Å². The molecular weight excluding hydrogens is 242 g/mol. The molecule has 1 aromatic rings. The molecule has 0 heterocycles. The highest BCUT2D eigenvalue weighted by Gasteiger charge is 2.05. The van der Waals surface area contributed by atoms with Gasteiger partial charge in [-0.25, -0.2) is 0 Å². The smallest absolute Gasteiger partial charge is 0.159 e. The Morgan fingerprint density at radius 1 is 1.22 bits per heavy atom. The first-order valence-corrected chi connectivity index (χ1v) is 6.92. The zero-order chi connectivity index (χ0) is 13.4. The molecular formula is C14H15N3S. The Kier molecular flexibility index (Phi) is 5.84. The second-order valence-electron chi connectivity index (χ2n) is 3.70. The van der Waals surface area contributed by atoms with E-state index >= 15 is 0 Å². The predicted molar refractivity (Wildman–Crippen MR) is 75.8 cm³/mol. The third-order valence-electron chi connectivity index (χ3n) is 2.41. The minimum absolute atomic E-state index is 0.111.